The summed E-state index contributed by atoms with van der Waals surface area (Å²) in [5, 5.41) is 15.7. The summed E-state index contributed by atoms with van der Waals surface area (Å²) in [4.78, 5) is 25.8. The zero-order valence-electron chi connectivity index (χ0n) is 18.5. The van der Waals surface area contributed by atoms with E-state index in [-0.39, 0.29) is 24.1 Å². The van der Waals surface area contributed by atoms with Crippen molar-refractivity contribution in [2.24, 2.45) is 0 Å². The highest BCUT2D eigenvalue weighted by atomic mass is 35.5. The van der Waals surface area contributed by atoms with Crippen molar-refractivity contribution < 1.29 is 24.2 Å². The maximum Gasteiger partial charge on any atom is 0.342 e. The van der Waals surface area contributed by atoms with Crippen molar-refractivity contribution in [1.82, 2.24) is 10.6 Å². The number of amides is 1. The number of carbonyl (C=O) groups excluding carboxylic acids is 2. The van der Waals surface area contributed by atoms with Gasteiger partial charge in [0.25, 0.3) is 5.91 Å². The average molecular weight is 483 g/mol. The SMILES string of the molecule is Cl.O=C(N[C@@H]1CNCCC[C@H]1OC(=O)c1ccccc1Oc1ccccc1)c1ccc(O)cc1. The van der Waals surface area contributed by atoms with Crippen LogP contribution in [0.5, 0.6) is 17.2 Å². The molecule has 0 spiro atoms. The Hall–Kier alpha value is -3.55. The fraction of sp³-hybridized carbons (Fsp3) is 0.231. The van der Waals surface area contributed by atoms with Gasteiger partial charge in [-0.05, 0) is 67.9 Å². The molecule has 1 aliphatic heterocycles. The van der Waals surface area contributed by atoms with E-state index < -0.39 is 18.1 Å². The molecule has 0 radical (unpaired) electrons. The number of aromatic hydroxyl groups is 1. The van der Waals surface area contributed by atoms with Gasteiger partial charge in [0.05, 0.1) is 6.04 Å². The van der Waals surface area contributed by atoms with Crippen molar-refractivity contribution in [2.75, 3.05) is 13.1 Å². The Bertz CT molecular complexity index is 1090. The predicted octanol–water partition coefficient (Wildman–Crippen LogP) is 4.31. The molecule has 0 saturated carbocycles. The third kappa shape index (κ3) is 6.50. The molecule has 2 atom stereocenters. The van der Waals surface area contributed by atoms with Crippen LogP contribution in [0.3, 0.4) is 0 Å². The van der Waals surface area contributed by atoms with E-state index in [0.717, 1.165) is 13.0 Å². The van der Waals surface area contributed by atoms with E-state index in [9.17, 15) is 14.7 Å². The molecule has 3 aromatic carbocycles. The average Bonchev–Trinajstić information content (AvgIpc) is 3.05. The number of rotatable bonds is 6. The van der Waals surface area contributed by atoms with Crippen molar-refractivity contribution in [3.63, 3.8) is 0 Å². The molecule has 4 rings (SSSR count). The van der Waals surface area contributed by atoms with Crippen LogP contribution < -0.4 is 15.4 Å². The van der Waals surface area contributed by atoms with Gasteiger partial charge in [0.2, 0.25) is 0 Å². The lowest BCUT2D eigenvalue weighted by Crippen LogP contribution is -2.49. The Labute approximate surface area is 204 Å². The van der Waals surface area contributed by atoms with Crippen molar-refractivity contribution >= 4 is 24.3 Å². The Morgan fingerprint density at radius 1 is 0.941 bits per heavy atom. The summed E-state index contributed by atoms with van der Waals surface area (Å²) in [7, 11) is 0. The van der Waals surface area contributed by atoms with Crippen LogP contribution in [0.25, 0.3) is 0 Å². The van der Waals surface area contributed by atoms with Crippen LogP contribution in [0.2, 0.25) is 0 Å². The van der Waals surface area contributed by atoms with Crippen LogP contribution in [-0.2, 0) is 4.74 Å². The van der Waals surface area contributed by atoms with Crippen molar-refractivity contribution in [1.29, 1.82) is 0 Å². The number of hydrogen-bond acceptors (Lipinski definition) is 6. The first-order valence-corrected chi connectivity index (χ1v) is 10.9. The van der Waals surface area contributed by atoms with Crippen molar-refractivity contribution in [3.05, 3.63) is 90.0 Å². The number of carbonyl (C=O) groups is 2. The van der Waals surface area contributed by atoms with Crippen LogP contribution in [-0.4, -0.2) is 42.2 Å². The minimum atomic E-state index is -0.502. The molecule has 1 fully saturated rings. The molecular weight excluding hydrogens is 456 g/mol. The molecular formula is C26H27ClN2O5. The summed E-state index contributed by atoms with van der Waals surface area (Å²) in [6, 6.07) is 21.8. The molecule has 0 bridgehead atoms. The van der Waals surface area contributed by atoms with Crippen LogP contribution in [0.4, 0.5) is 0 Å². The van der Waals surface area contributed by atoms with E-state index in [2.05, 4.69) is 10.6 Å². The maximum atomic E-state index is 13.1. The highest BCUT2D eigenvalue weighted by molar-refractivity contribution is 5.95. The fourth-order valence-electron chi connectivity index (χ4n) is 3.71. The predicted molar refractivity (Wildman–Crippen MR) is 131 cm³/mol. The maximum absolute atomic E-state index is 13.1. The molecule has 1 aliphatic rings. The lowest BCUT2D eigenvalue weighted by molar-refractivity contribution is 0.0189. The monoisotopic (exact) mass is 482 g/mol. The van der Waals surface area contributed by atoms with Gasteiger partial charge in [0.1, 0.15) is 28.9 Å². The van der Waals surface area contributed by atoms with E-state index >= 15 is 0 Å². The van der Waals surface area contributed by atoms with Gasteiger partial charge in [0, 0.05) is 12.1 Å². The lowest BCUT2D eigenvalue weighted by atomic mass is 10.1. The van der Waals surface area contributed by atoms with Crippen molar-refractivity contribution in [3.8, 4) is 17.2 Å². The second kappa shape index (κ2) is 12.1. The first-order chi connectivity index (χ1) is 16.1. The van der Waals surface area contributed by atoms with Gasteiger partial charge >= 0.3 is 5.97 Å². The number of para-hydroxylation sites is 2. The van der Waals surface area contributed by atoms with E-state index in [0.29, 0.717) is 35.6 Å². The Morgan fingerprint density at radius 2 is 1.65 bits per heavy atom. The number of halogens is 1. The van der Waals surface area contributed by atoms with Crippen molar-refractivity contribution in [2.45, 2.75) is 25.0 Å². The zero-order valence-corrected chi connectivity index (χ0v) is 19.3. The van der Waals surface area contributed by atoms with Gasteiger partial charge in [0.15, 0.2) is 0 Å². The van der Waals surface area contributed by atoms with E-state index in [4.69, 9.17) is 9.47 Å². The number of esters is 1. The number of nitrogens with one attached hydrogen (secondary N) is 2. The highest BCUT2D eigenvalue weighted by Crippen LogP contribution is 2.26. The molecule has 7 nitrogen and oxygen atoms in total. The molecule has 8 heteroatoms. The molecule has 178 valence electrons. The third-order valence-electron chi connectivity index (χ3n) is 5.44. The topological polar surface area (TPSA) is 96.9 Å². The summed E-state index contributed by atoms with van der Waals surface area (Å²) >= 11 is 0. The van der Waals surface area contributed by atoms with Gasteiger partial charge in [-0.15, -0.1) is 12.4 Å². The smallest absolute Gasteiger partial charge is 0.342 e. The molecule has 1 heterocycles. The van der Waals surface area contributed by atoms with Crippen LogP contribution >= 0.6 is 12.4 Å². The van der Waals surface area contributed by atoms with Gasteiger partial charge < -0.3 is 25.2 Å². The van der Waals surface area contributed by atoms with Crippen LogP contribution in [0, 0.1) is 0 Å². The Balaban J connectivity index is 0.00000324. The van der Waals surface area contributed by atoms with E-state index in [1.807, 2.05) is 30.3 Å². The third-order valence-corrected chi connectivity index (χ3v) is 5.44. The number of phenols is 1. The molecule has 34 heavy (non-hydrogen) atoms. The van der Waals surface area contributed by atoms with E-state index in [1.165, 1.54) is 12.1 Å². The number of hydrogen-bond donors (Lipinski definition) is 3. The normalized spacial score (nSPS) is 17.5. The zero-order chi connectivity index (χ0) is 23.0. The lowest BCUT2D eigenvalue weighted by Gasteiger charge is -2.26. The van der Waals surface area contributed by atoms with Crippen LogP contribution in [0.15, 0.2) is 78.9 Å². The summed E-state index contributed by atoms with van der Waals surface area (Å²) < 4.78 is 11.8. The Kier molecular flexibility index (Phi) is 8.90. The van der Waals surface area contributed by atoms with Gasteiger partial charge in [-0.1, -0.05) is 30.3 Å². The van der Waals surface area contributed by atoms with Gasteiger partial charge in [-0.3, -0.25) is 4.79 Å². The largest absolute Gasteiger partial charge is 0.508 e. The van der Waals surface area contributed by atoms with E-state index in [1.54, 1.807) is 36.4 Å². The Morgan fingerprint density at radius 3 is 2.41 bits per heavy atom. The first-order valence-electron chi connectivity index (χ1n) is 10.9. The minimum absolute atomic E-state index is 0. The van der Waals surface area contributed by atoms with Gasteiger partial charge in [-0.2, -0.15) is 0 Å². The summed E-state index contributed by atoms with van der Waals surface area (Å²) in [5.74, 6) is 0.321. The molecule has 1 saturated heterocycles. The number of ether oxygens (including phenoxy) is 2. The standard InChI is InChI=1S/C26H26N2O5.ClH/c29-19-14-12-18(13-15-19)25(30)28-22-17-27-16-6-11-24(22)33-26(31)21-9-4-5-10-23(21)32-20-7-2-1-3-8-20;/h1-5,7-10,12-15,22,24,27,29H,6,11,16-17H2,(H,28,30);1H/t22-,24-;/m1./s1. The fourth-order valence-corrected chi connectivity index (χ4v) is 3.71. The van der Waals surface area contributed by atoms with Crippen LogP contribution in [0.1, 0.15) is 33.6 Å². The number of benzene rings is 3. The molecule has 3 aromatic rings. The molecule has 0 aromatic heterocycles. The first kappa shape index (κ1) is 25.1. The molecule has 0 aliphatic carbocycles. The second-order valence-corrected chi connectivity index (χ2v) is 7.83. The molecule has 1 amide bonds. The summed E-state index contributed by atoms with van der Waals surface area (Å²) in [6.07, 6.45) is 0.922. The summed E-state index contributed by atoms with van der Waals surface area (Å²) in [6.45, 7) is 1.25. The highest BCUT2D eigenvalue weighted by Gasteiger charge is 2.30. The molecule has 0 unspecified atom stereocenters. The second-order valence-electron chi connectivity index (χ2n) is 7.83. The number of phenolic OH excluding ortho intramolecular Hbond substituents is 1. The minimum Gasteiger partial charge on any atom is -0.508 e. The van der Waals surface area contributed by atoms with Gasteiger partial charge in [-0.25, -0.2) is 4.79 Å². The quantitative estimate of drug-likeness (QED) is 0.453. The molecule has 3 N–H and O–H groups in total. The summed E-state index contributed by atoms with van der Waals surface area (Å²) in [5.41, 5.74) is 0.742.